The molecule has 0 amide bonds. The zero-order valence-corrected chi connectivity index (χ0v) is 12.8. The average Bonchev–Trinajstić information content (AvgIpc) is 2.37. The summed E-state index contributed by atoms with van der Waals surface area (Å²) >= 11 is 0. The molecule has 2 nitrogen and oxygen atoms in total. The van der Waals surface area contributed by atoms with Gasteiger partial charge < -0.3 is 10.1 Å². The molecule has 19 heavy (non-hydrogen) atoms. The Kier molecular flexibility index (Phi) is 4.51. The lowest BCUT2D eigenvalue weighted by Crippen LogP contribution is -2.42. The monoisotopic (exact) mass is 261 g/mol. The van der Waals surface area contributed by atoms with E-state index in [4.69, 9.17) is 4.74 Å². The normalized spacial score (nSPS) is 16.8. The molecule has 1 aromatic carbocycles. The lowest BCUT2D eigenvalue weighted by Gasteiger charge is -2.30. The van der Waals surface area contributed by atoms with Gasteiger partial charge >= 0.3 is 0 Å². The van der Waals surface area contributed by atoms with Gasteiger partial charge in [0.05, 0.1) is 0 Å². The van der Waals surface area contributed by atoms with Gasteiger partial charge in [-0.25, -0.2) is 0 Å². The van der Waals surface area contributed by atoms with Crippen molar-refractivity contribution in [3.63, 3.8) is 0 Å². The van der Waals surface area contributed by atoms with Crippen LogP contribution < -0.4 is 10.1 Å². The fourth-order valence-corrected chi connectivity index (χ4v) is 2.75. The van der Waals surface area contributed by atoms with E-state index >= 15 is 0 Å². The summed E-state index contributed by atoms with van der Waals surface area (Å²) in [6.07, 6.45) is 5.09. The Balaban J connectivity index is 1.99. The van der Waals surface area contributed by atoms with E-state index in [9.17, 15) is 0 Å². The van der Waals surface area contributed by atoms with Crippen molar-refractivity contribution < 1.29 is 4.74 Å². The molecule has 1 aliphatic carbocycles. The summed E-state index contributed by atoms with van der Waals surface area (Å²) in [5.41, 5.74) is 3.21. The van der Waals surface area contributed by atoms with Gasteiger partial charge in [0.25, 0.3) is 0 Å². The summed E-state index contributed by atoms with van der Waals surface area (Å²) in [4.78, 5) is 0. The van der Waals surface area contributed by atoms with Crippen molar-refractivity contribution in [3.8, 4) is 5.75 Å². The van der Waals surface area contributed by atoms with Crippen LogP contribution in [0, 0.1) is 5.41 Å². The Morgan fingerprint density at radius 3 is 2.47 bits per heavy atom. The molecule has 1 N–H and O–H groups in total. The molecule has 0 spiro atoms. The average molecular weight is 261 g/mol. The van der Waals surface area contributed by atoms with Gasteiger partial charge in [0.15, 0.2) is 0 Å². The van der Waals surface area contributed by atoms with Crippen LogP contribution >= 0.6 is 0 Å². The number of rotatable bonds is 4. The Morgan fingerprint density at radius 2 is 1.84 bits per heavy atom. The fraction of sp³-hybridized carbons (Fsp3) is 0.647. The highest BCUT2D eigenvalue weighted by Gasteiger charge is 2.23. The second-order valence-corrected chi connectivity index (χ2v) is 6.66. The van der Waals surface area contributed by atoms with E-state index in [1.165, 1.54) is 36.8 Å². The summed E-state index contributed by atoms with van der Waals surface area (Å²) < 4.78 is 5.99. The van der Waals surface area contributed by atoms with Crippen molar-refractivity contribution in [2.75, 3.05) is 13.7 Å². The molecule has 1 atom stereocenters. The number of nitrogens with one attached hydrogen (secondary N) is 1. The van der Waals surface area contributed by atoms with Gasteiger partial charge in [-0.3, -0.25) is 0 Å². The standard InChI is InChI=1S/C17H27NO/c1-17(2,3)16(18-4)12-19-15-10-9-13-7-5-6-8-14(13)11-15/h9-11,16,18H,5-8,12H2,1-4H3. The first kappa shape index (κ1) is 14.4. The van der Waals surface area contributed by atoms with Crippen LogP contribution in [0.3, 0.4) is 0 Å². The Morgan fingerprint density at radius 1 is 1.16 bits per heavy atom. The van der Waals surface area contributed by atoms with Gasteiger partial charge in [-0.1, -0.05) is 26.8 Å². The maximum Gasteiger partial charge on any atom is 0.119 e. The first-order valence-electron chi connectivity index (χ1n) is 7.42. The molecule has 0 aromatic heterocycles. The molecular formula is C17H27NO. The van der Waals surface area contributed by atoms with Crippen molar-refractivity contribution in [1.82, 2.24) is 5.32 Å². The number of hydrogen-bond donors (Lipinski definition) is 1. The van der Waals surface area contributed by atoms with Crippen LogP contribution in [-0.2, 0) is 12.8 Å². The summed E-state index contributed by atoms with van der Waals surface area (Å²) in [5, 5.41) is 3.35. The first-order chi connectivity index (χ1) is 9.00. The van der Waals surface area contributed by atoms with Crippen LogP contribution in [-0.4, -0.2) is 19.7 Å². The van der Waals surface area contributed by atoms with Crippen LogP contribution in [0.15, 0.2) is 18.2 Å². The van der Waals surface area contributed by atoms with Crippen LogP contribution in [0.2, 0.25) is 0 Å². The smallest absolute Gasteiger partial charge is 0.119 e. The molecule has 1 unspecified atom stereocenters. The molecule has 0 fully saturated rings. The quantitative estimate of drug-likeness (QED) is 0.894. The number of fused-ring (bicyclic) bond motifs is 1. The van der Waals surface area contributed by atoms with E-state index in [1.807, 2.05) is 7.05 Å². The minimum atomic E-state index is 0.211. The number of aryl methyl sites for hydroxylation is 2. The molecule has 2 heteroatoms. The lowest BCUT2D eigenvalue weighted by molar-refractivity contribution is 0.181. The van der Waals surface area contributed by atoms with Gasteiger partial charge in [-0.05, 0) is 61.4 Å². The van der Waals surface area contributed by atoms with Crippen LogP contribution in [0.25, 0.3) is 0 Å². The van der Waals surface area contributed by atoms with Crippen molar-refractivity contribution in [2.45, 2.75) is 52.5 Å². The van der Waals surface area contributed by atoms with Crippen molar-refractivity contribution in [3.05, 3.63) is 29.3 Å². The van der Waals surface area contributed by atoms with Crippen molar-refractivity contribution in [2.24, 2.45) is 5.41 Å². The highest BCUT2D eigenvalue weighted by Crippen LogP contribution is 2.26. The summed E-state index contributed by atoms with van der Waals surface area (Å²) in [5.74, 6) is 1.02. The van der Waals surface area contributed by atoms with Crippen LogP contribution in [0.5, 0.6) is 5.75 Å². The predicted molar refractivity (Wildman–Crippen MR) is 80.9 cm³/mol. The van der Waals surface area contributed by atoms with E-state index in [1.54, 1.807) is 0 Å². The number of hydrogen-bond acceptors (Lipinski definition) is 2. The molecule has 0 heterocycles. The van der Waals surface area contributed by atoms with E-state index in [0.717, 1.165) is 12.4 Å². The Labute approximate surface area is 117 Å². The van der Waals surface area contributed by atoms with E-state index < -0.39 is 0 Å². The predicted octanol–water partition coefficient (Wildman–Crippen LogP) is 3.58. The fourth-order valence-electron chi connectivity index (χ4n) is 2.75. The molecule has 1 aliphatic rings. The minimum absolute atomic E-state index is 0.211. The van der Waals surface area contributed by atoms with Crippen molar-refractivity contribution in [1.29, 1.82) is 0 Å². The third kappa shape index (κ3) is 3.73. The topological polar surface area (TPSA) is 21.3 Å². The van der Waals surface area contributed by atoms with Gasteiger partial charge in [0, 0.05) is 6.04 Å². The largest absolute Gasteiger partial charge is 0.492 e. The highest BCUT2D eigenvalue weighted by molar-refractivity contribution is 5.37. The minimum Gasteiger partial charge on any atom is -0.492 e. The molecule has 2 rings (SSSR count). The molecule has 0 bridgehead atoms. The summed E-state index contributed by atoms with van der Waals surface area (Å²) in [7, 11) is 2.01. The lowest BCUT2D eigenvalue weighted by atomic mass is 9.87. The van der Waals surface area contributed by atoms with Gasteiger partial charge in [-0.2, -0.15) is 0 Å². The number of ether oxygens (including phenoxy) is 1. The van der Waals surface area contributed by atoms with E-state index in [-0.39, 0.29) is 5.41 Å². The molecule has 0 aliphatic heterocycles. The Hall–Kier alpha value is -1.02. The molecule has 106 valence electrons. The Bertz CT molecular complexity index is 420. The SMILES string of the molecule is CNC(COc1ccc2c(c1)CCCC2)C(C)(C)C. The summed E-state index contributed by atoms with van der Waals surface area (Å²) in [6.45, 7) is 7.44. The van der Waals surface area contributed by atoms with Crippen molar-refractivity contribution >= 4 is 0 Å². The third-order valence-electron chi connectivity index (χ3n) is 4.13. The zero-order valence-electron chi connectivity index (χ0n) is 12.8. The molecule has 0 saturated carbocycles. The molecule has 0 radical (unpaired) electrons. The van der Waals surface area contributed by atoms with Crippen LogP contribution in [0.1, 0.15) is 44.7 Å². The van der Waals surface area contributed by atoms with Gasteiger partial charge in [0.1, 0.15) is 12.4 Å². The summed E-state index contributed by atoms with van der Waals surface area (Å²) in [6, 6.07) is 6.97. The van der Waals surface area contributed by atoms with Gasteiger partial charge in [-0.15, -0.1) is 0 Å². The van der Waals surface area contributed by atoms with E-state index in [0.29, 0.717) is 6.04 Å². The zero-order chi connectivity index (χ0) is 13.9. The third-order valence-corrected chi connectivity index (χ3v) is 4.13. The second kappa shape index (κ2) is 5.96. The molecular weight excluding hydrogens is 234 g/mol. The van der Waals surface area contributed by atoms with Crippen LogP contribution in [0.4, 0.5) is 0 Å². The molecule has 1 aromatic rings. The highest BCUT2D eigenvalue weighted by atomic mass is 16.5. The molecule has 0 saturated heterocycles. The number of benzene rings is 1. The maximum atomic E-state index is 5.99. The van der Waals surface area contributed by atoms with E-state index in [2.05, 4.69) is 44.3 Å². The maximum absolute atomic E-state index is 5.99. The second-order valence-electron chi connectivity index (χ2n) is 6.66. The number of likely N-dealkylation sites (N-methyl/N-ethyl adjacent to an activating group) is 1. The van der Waals surface area contributed by atoms with Gasteiger partial charge in [0.2, 0.25) is 0 Å². The first-order valence-corrected chi connectivity index (χ1v) is 7.42.